The summed E-state index contributed by atoms with van der Waals surface area (Å²) in [5, 5.41) is 0.651. The van der Waals surface area contributed by atoms with Crippen molar-refractivity contribution in [1.82, 2.24) is 14.8 Å². The Hall–Kier alpha value is -1.40. The second-order valence-corrected chi connectivity index (χ2v) is 6.52. The Morgan fingerprint density at radius 3 is 2.96 bits per heavy atom. The number of hydrogen-bond acceptors (Lipinski definition) is 5. The van der Waals surface area contributed by atoms with E-state index in [-0.39, 0.29) is 6.10 Å². The van der Waals surface area contributed by atoms with Crippen LogP contribution in [0.25, 0.3) is 11.5 Å². The van der Waals surface area contributed by atoms with Gasteiger partial charge in [-0.25, -0.2) is 4.98 Å². The van der Waals surface area contributed by atoms with Gasteiger partial charge in [0.05, 0.1) is 29.0 Å². The lowest BCUT2D eigenvalue weighted by Gasteiger charge is -2.33. The molecule has 0 saturated carbocycles. The zero-order valence-electron chi connectivity index (χ0n) is 13.5. The molecule has 3 rings (SSSR count). The third-order valence-corrected chi connectivity index (χ3v) is 4.16. The molecule has 1 aromatic heterocycles. The molecule has 1 aromatic carbocycles. The fraction of sp³-hybridized carbons (Fsp3) is 0.471. The van der Waals surface area contributed by atoms with Crippen LogP contribution in [0.2, 0.25) is 5.02 Å². The summed E-state index contributed by atoms with van der Waals surface area (Å²) in [6, 6.07) is 7.58. The third-order valence-electron chi connectivity index (χ3n) is 3.83. The van der Waals surface area contributed by atoms with Crippen LogP contribution >= 0.6 is 11.6 Å². The van der Waals surface area contributed by atoms with Crippen LogP contribution in [0.15, 0.2) is 34.9 Å². The monoisotopic (exact) mass is 335 g/mol. The van der Waals surface area contributed by atoms with Gasteiger partial charge >= 0.3 is 0 Å². The maximum Gasteiger partial charge on any atom is 0.227 e. The molecule has 0 spiro atoms. The quantitative estimate of drug-likeness (QED) is 0.840. The van der Waals surface area contributed by atoms with Gasteiger partial charge < -0.3 is 14.1 Å². The van der Waals surface area contributed by atoms with Gasteiger partial charge in [-0.3, -0.25) is 4.90 Å². The van der Waals surface area contributed by atoms with Crippen LogP contribution in [0.1, 0.15) is 5.69 Å². The van der Waals surface area contributed by atoms with E-state index in [2.05, 4.69) is 28.9 Å². The first-order valence-corrected chi connectivity index (χ1v) is 8.17. The SMILES string of the molecule is CN(C)C[C@@H]1CN(Cc2coc(-c3ccccc3Cl)n2)CCO1. The summed E-state index contributed by atoms with van der Waals surface area (Å²) in [6.07, 6.45) is 1.96. The van der Waals surface area contributed by atoms with E-state index >= 15 is 0 Å². The van der Waals surface area contributed by atoms with Crippen LogP contribution in [0, 0.1) is 0 Å². The highest BCUT2D eigenvalue weighted by atomic mass is 35.5. The molecule has 124 valence electrons. The molecule has 0 unspecified atom stereocenters. The lowest BCUT2D eigenvalue weighted by atomic mass is 10.2. The molecule has 0 bridgehead atoms. The largest absolute Gasteiger partial charge is 0.444 e. The van der Waals surface area contributed by atoms with Gasteiger partial charge in [0, 0.05) is 26.2 Å². The molecule has 1 aliphatic rings. The van der Waals surface area contributed by atoms with E-state index in [4.69, 9.17) is 20.8 Å². The van der Waals surface area contributed by atoms with E-state index in [1.807, 2.05) is 24.3 Å². The van der Waals surface area contributed by atoms with Gasteiger partial charge in [-0.2, -0.15) is 0 Å². The summed E-state index contributed by atoms with van der Waals surface area (Å²) in [5.41, 5.74) is 1.75. The Morgan fingerprint density at radius 1 is 1.35 bits per heavy atom. The first-order chi connectivity index (χ1) is 11.1. The van der Waals surface area contributed by atoms with Crippen molar-refractivity contribution in [3.8, 4) is 11.5 Å². The maximum absolute atomic E-state index is 6.20. The van der Waals surface area contributed by atoms with Crippen molar-refractivity contribution in [3.63, 3.8) is 0 Å². The molecular formula is C17H22ClN3O2. The number of likely N-dealkylation sites (N-methyl/N-ethyl adjacent to an activating group) is 1. The van der Waals surface area contributed by atoms with Crippen molar-refractivity contribution < 1.29 is 9.15 Å². The number of rotatable bonds is 5. The number of hydrogen-bond donors (Lipinski definition) is 0. The van der Waals surface area contributed by atoms with Gasteiger partial charge in [-0.05, 0) is 26.2 Å². The van der Waals surface area contributed by atoms with E-state index in [1.54, 1.807) is 6.26 Å². The molecule has 0 N–H and O–H groups in total. The van der Waals surface area contributed by atoms with E-state index in [0.29, 0.717) is 10.9 Å². The van der Waals surface area contributed by atoms with Gasteiger partial charge in [0.1, 0.15) is 6.26 Å². The average Bonchev–Trinajstić information content (AvgIpc) is 2.95. The Bertz CT molecular complexity index is 644. The smallest absolute Gasteiger partial charge is 0.227 e. The van der Waals surface area contributed by atoms with Crippen LogP contribution < -0.4 is 0 Å². The fourth-order valence-corrected chi connectivity index (χ4v) is 3.03. The van der Waals surface area contributed by atoms with Crippen molar-refractivity contribution >= 4 is 11.6 Å². The summed E-state index contributed by atoms with van der Waals surface area (Å²) in [4.78, 5) is 9.08. The predicted molar refractivity (Wildman–Crippen MR) is 90.5 cm³/mol. The van der Waals surface area contributed by atoms with E-state index < -0.39 is 0 Å². The van der Waals surface area contributed by atoms with Crippen molar-refractivity contribution in [2.45, 2.75) is 12.6 Å². The maximum atomic E-state index is 6.20. The van der Waals surface area contributed by atoms with Gasteiger partial charge in [-0.1, -0.05) is 23.7 Å². The van der Waals surface area contributed by atoms with E-state index in [9.17, 15) is 0 Å². The second-order valence-electron chi connectivity index (χ2n) is 6.11. The number of halogens is 1. The zero-order valence-corrected chi connectivity index (χ0v) is 14.3. The molecule has 2 heterocycles. The fourth-order valence-electron chi connectivity index (χ4n) is 2.81. The molecule has 1 atom stereocenters. The minimum absolute atomic E-state index is 0.244. The van der Waals surface area contributed by atoms with Crippen molar-refractivity contribution in [2.24, 2.45) is 0 Å². The Morgan fingerprint density at radius 2 is 2.17 bits per heavy atom. The minimum atomic E-state index is 0.244. The van der Waals surface area contributed by atoms with Crippen LogP contribution in [-0.4, -0.2) is 61.2 Å². The molecule has 1 aliphatic heterocycles. The van der Waals surface area contributed by atoms with Gasteiger partial charge in [0.25, 0.3) is 0 Å². The third kappa shape index (κ3) is 4.32. The number of nitrogens with zero attached hydrogens (tertiary/aromatic N) is 3. The highest BCUT2D eigenvalue weighted by Gasteiger charge is 2.22. The Kier molecular flexibility index (Phi) is 5.33. The summed E-state index contributed by atoms with van der Waals surface area (Å²) >= 11 is 6.20. The first kappa shape index (κ1) is 16.5. The summed E-state index contributed by atoms with van der Waals surface area (Å²) in [7, 11) is 4.13. The topological polar surface area (TPSA) is 41.7 Å². The lowest BCUT2D eigenvalue weighted by molar-refractivity contribution is -0.0410. The molecule has 0 radical (unpaired) electrons. The lowest BCUT2D eigenvalue weighted by Crippen LogP contribution is -2.46. The van der Waals surface area contributed by atoms with Gasteiger partial charge in [0.15, 0.2) is 0 Å². The van der Waals surface area contributed by atoms with Crippen molar-refractivity contribution in [2.75, 3.05) is 40.3 Å². The number of ether oxygens (including phenoxy) is 1. The molecule has 1 saturated heterocycles. The molecule has 1 fully saturated rings. The molecule has 2 aromatic rings. The van der Waals surface area contributed by atoms with Crippen LogP contribution in [-0.2, 0) is 11.3 Å². The highest BCUT2D eigenvalue weighted by molar-refractivity contribution is 6.33. The standard InChI is InChI=1S/C17H22ClN3O2/c1-20(2)10-14-11-21(7-8-22-14)9-13-12-23-17(19-13)15-5-3-4-6-16(15)18/h3-6,12,14H,7-11H2,1-2H3/t14-/m1/s1. The van der Waals surface area contributed by atoms with E-state index in [1.165, 1.54) is 0 Å². The second kappa shape index (κ2) is 7.45. The van der Waals surface area contributed by atoms with Crippen molar-refractivity contribution in [3.05, 3.63) is 41.2 Å². The minimum Gasteiger partial charge on any atom is -0.444 e. The Balaban J connectivity index is 1.64. The molecule has 0 aliphatic carbocycles. The molecule has 23 heavy (non-hydrogen) atoms. The van der Waals surface area contributed by atoms with Gasteiger partial charge in [-0.15, -0.1) is 0 Å². The normalized spacial score (nSPS) is 19.4. The zero-order chi connectivity index (χ0) is 16.2. The van der Waals surface area contributed by atoms with E-state index in [0.717, 1.165) is 44.0 Å². The molecule has 6 heteroatoms. The average molecular weight is 336 g/mol. The summed E-state index contributed by atoms with van der Waals surface area (Å²) in [5.74, 6) is 0.573. The first-order valence-electron chi connectivity index (χ1n) is 7.80. The Labute approximate surface area is 141 Å². The molecule has 5 nitrogen and oxygen atoms in total. The molecule has 0 amide bonds. The summed E-state index contributed by atoms with van der Waals surface area (Å²) < 4.78 is 11.4. The number of oxazole rings is 1. The predicted octanol–water partition coefficient (Wildman–Crippen LogP) is 2.76. The number of morpholine rings is 1. The molecular weight excluding hydrogens is 314 g/mol. The van der Waals surface area contributed by atoms with Crippen LogP contribution in [0.5, 0.6) is 0 Å². The number of aromatic nitrogens is 1. The van der Waals surface area contributed by atoms with Gasteiger partial charge in [0.2, 0.25) is 5.89 Å². The number of benzene rings is 1. The summed E-state index contributed by atoms with van der Waals surface area (Å²) in [6.45, 7) is 4.28. The van der Waals surface area contributed by atoms with Crippen LogP contribution in [0.4, 0.5) is 0 Å². The van der Waals surface area contributed by atoms with Crippen LogP contribution in [0.3, 0.4) is 0 Å². The van der Waals surface area contributed by atoms with Crippen molar-refractivity contribution in [1.29, 1.82) is 0 Å². The highest BCUT2D eigenvalue weighted by Crippen LogP contribution is 2.27.